The predicted molar refractivity (Wildman–Crippen MR) is 97.2 cm³/mol. The van der Waals surface area contributed by atoms with Gasteiger partial charge in [-0.25, -0.2) is 9.97 Å². The Morgan fingerprint density at radius 2 is 2.08 bits per heavy atom. The summed E-state index contributed by atoms with van der Waals surface area (Å²) in [5.74, 6) is 0.532. The highest BCUT2D eigenvalue weighted by atomic mass is 32.1. The zero-order valence-corrected chi connectivity index (χ0v) is 14.2. The molecule has 5 nitrogen and oxygen atoms in total. The zero-order chi connectivity index (χ0) is 16.7. The quantitative estimate of drug-likeness (QED) is 0.796. The molecule has 1 aliphatic rings. The molecule has 0 aliphatic carbocycles. The van der Waals surface area contributed by atoms with Gasteiger partial charge in [0.15, 0.2) is 0 Å². The Balaban J connectivity index is 1.89. The number of aromatic nitrogens is 2. The fourth-order valence-electron chi connectivity index (χ4n) is 3.34. The molecule has 3 heterocycles. The molecule has 4 rings (SSSR count). The number of thiophene rings is 1. The van der Waals surface area contributed by atoms with Gasteiger partial charge in [0.25, 0.3) is 0 Å². The minimum atomic E-state index is -0.286. The predicted octanol–water partition coefficient (Wildman–Crippen LogP) is 3.12. The molecule has 1 saturated heterocycles. The summed E-state index contributed by atoms with van der Waals surface area (Å²) in [5.41, 5.74) is 9.06. The maximum absolute atomic E-state index is 11.8. The molecule has 2 aromatic heterocycles. The molecule has 0 unspecified atom stereocenters. The molecule has 0 bridgehead atoms. The van der Waals surface area contributed by atoms with E-state index in [9.17, 15) is 4.79 Å². The number of carbonyl (C=O) groups is 1. The van der Waals surface area contributed by atoms with E-state index in [1.807, 2.05) is 4.90 Å². The van der Waals surface area contributed by atoms with Crippen LogP contribution in [0.15, 0.2) is 36.0 Å². The van der Waals surface area contributed by atoms with Crippen LogP contribution in [0.1, 0.15) is 18.4 Å². The van der Waals surface area contributed by atoms with Gasteiger partial charge >= 0.3 is 0 Å². The monoisotopic (exact) mass is 338 g/mol. The van der Waals surface area contributed by atoms with Crippen LogP contribution in [0.4, 0.5) is 5.82 Å². The number of carbonyl (C=O) groups excluding carboxylic acids is 1. The van der Waals surface area contributed by atoms with Crippen molar-refractivity contribution < 1.29 is 4.79 Å². The van der Waals surface area contributed by atoms with Crippen molar-refractivity contribution in [2.45, 2.75) is 25.8 Å². The van der Waals surface area contributed by atoms with Crippen molar-refractivity contribution in [1.29, 1.82) is 0 Å². The number of hydrogen-bond donors (Lipinski definition) is 1. The van der Waals surface area contributed by atoms with E-state index in [-0.39, 0.29) is 11.9 Å². The molecule has 24 heavy (non-hydrogen) atoms. The number of anilines is 1. The Morgan fingerprint density at radius 1 is 1.29 bits per heavy atom. The third kappa shape index (κ3) is 2.43. The van der Waals surface area contributed by atoms with Gasteiger partial charge in [0.1, 0.15) is 23.0 Å². The number of amides is 1. The summed E-state index contributed by atoms with van der Waals surface area (Å²) in [7, 11) is 0. The molecule has 0 spiro atoms. The van der Waals surface area contributed by atoms with Crippen molar-refractivity contribution in [3.05, 3.63) is 41.5 Å². The van der Waals surface area contributed by atoms with Crippen molar-refractivity contribution in [1.82, 2.24) is 9.97 Å². The van der Waals surface area contributed by atoms with Gasteiger partial charge in [-0.05, 0) is 25.3 Å². The van der Waals surface area contributed by atoms with Crippen LogP contribution in [0.2, 0.25) is 0 Å². The molecule has 2 N–H and O–H groups in total. The van der Waals surface area contributed by atoms with Gasteiger partial charge < -0.3 is 10.6 Å². The van der Waals surface area contributed by atoms with Crippen LogP contribution in [-0.4, -0.2) is 28.5 Å². The average molecular weight is 338 g/mol. The standard InChI is InChI=1S/C18H18N4OS/c1-11-4-6-12(7-5-11)13-9-24-18-15(13)17(20-10-21-18)22-8-2-3-14(22)16(19)23/h4-7,9-10,14H,2-3,8H2,1H3,(H2,19,23)/t14-/m0/s1. The lowest BCUT2D eigenvalue weighted by molar-refractivity contribution is -0.119. The summed E-state index contributed by atoms with van der Waals surface area (Å²) in [6.45, 7) is 2.87. The molecule has 0 saturated carbocycles. The number of rotatable bonds is 3. The zero-order valence-electron chi connectivity index (χ0n) is 13.4. The van der Waals surface area contributed by atoms with E-state index >= 15 is 0 Å². The normalized spacial score (nSPS) is 17.5. The first-order chi connectivity index (χ1) is 11.6. The van der Waals surface area contributed by atoms with Gasteiger partial charge in [0.2, 0.25) is 5.91 Å². The molecule has 6 heteroatoms. The average Bonchev–Trinajstić information content (AvgIpc) is 3.22. The fraction of sp³-hybridized carbons (Fsp3) is 0.278. The lowest BCUT2D eigenvalue weighted by Gasteiger charge is -2.24. The van der Waals surface area contributed by atoms with E-state index < -0.39 is 0 Å². The largest absolute Gasteiger partial charge is 0.368 e. The van der Waals surface area contributed by atoms with E-state index in [0.717, 1.165) is 46.5 Å². The second kappa shape index (κ2) is 5.87. The van der Waals surface area contributed by atoms with Crippen LogP contribution in [0.5, 0.6) is 0 Å². The molecule has 1 amide bonds. The lowest BCUT2D eigenvalue weighted by Crippen LogP contribution is -2.40. The molecule has 1 atom stereocenters. The maximum Gasteiger partial charge on any atom is 0.240 e. The number of nitrogens with two attached hydrogens (primary N) is 1. The third-order valence-corrected chi connectivity index (χ3v) is 5.45. The minimum Gasteiger partial charge on any atom is -0.368 e. The Labute approximate surface area is 144 Å². The number of benzene rings is 1. The number of aryl methyl sites for hydroxylation is 1. The molecule has 1 aromatic carbocycles. The molecule has 122 valence electrons. The highest BCUT2D eigenvalue weighted by molar-refractivity contribution is 7.17. The lowest BCUT2D eigenvalue weighted by atomic mass is 10.0. The van der Waals surface area contributed by atoms with Gasteiger partial charge in [-0.1, -0.05) is 29.8 Å². The Hall–Kier alpha value is -2.47. The van der Waals surface area contributed by atoms with E-state index in [1.165, 1.54) is 5.56 Å². The summed E-state index contributed by atoms with van der Waals surface area (Å²) >= 11 is 1.60. The molecule has 3 aromatic rings. The number of fused-ring (bicyclic) bond motifs is 1. The maximum atomic E-state index is 11.8. The number of nitrogens with zero attached hydrogens (tertiary/aromatic N) is 3. The van der Waals surface area contributed by atoms with E-state index in [2.05, 4.69) is 46.5 Å². The number of hydrogen-bond acceptors (Lipinski definition) is 5. The van der Waals surface area contributed by atoms with E-state index in [0.29, 0.717) is 0 Å². The van der Waals surface area contributed by atoms with Gasteiger partial charge in [0, 0.05) is 17.5 Å². The van der Waals surface area contributed by atoms with Crippen LogP contribution in [0.25, 0.3) is 21.3 Å². The smallest absolute Gasteiger partial charge is 0.240 e. The Morgan fingerprint density at radius 3 is 2.83 bits per heavy atom. The van der Waals surface area contributed by atoms with Crippen molar-refractivity contribution in [2.75, 3.05) is 11.4 Å². The topological polar surface area (TPSA) is 72.1 Å². The van der Waals surface area contributed by atoms with Crippen LogP contribution in [-0.2, 0) is 4.79 Å². The fourth-order valence-corrected chi connectivity index (χ4v) is 4.25. The SMILES string of the molecule is Cc1ccc(-c2csc3ncnc(N4CCC[C@H]4C(N)=O)c23)cc1. The van der Waals surface area contributed by atoms with Crippen molar-refractivity contribution in [3.8, 4) is 11.1 Å². The van der Waals surface area contributed by atoms with Gasteiger partial charge in [-0.15, -0.1) is 11.3 Å². The van der Waals surface area contributed by atoms with Gasteiger partial charge in [-0.2, -0.15) is 0 Å². The summed E-state index contributed by atoms with van der Waals surface area (Å²) in [6, 6.07) is 8.15. The van der Waals surface area contributed by atoms with Crippen LogP contribution >= 0.6 is 11.3 Å². The number of primary amides is 1. The highest BCUT2D eigenvalue weighted by Crippen LogP contribution is 2.39. The summed E-state index contributed by atoms with van der Waals surface area (Å²) < 4.78 is 0. The Bertz CT molecular complexity index is 903. The van der Waals surface area contributed by atoms with E-state index in [4.69, 9.17) is 5.73 Å². The highest BCUT2D eigenvalue weighted by Gasteiger charge is 2.32. The van der Waals surface area contributed by atoms with E-state index in [1.54, 1.807) is 17.7 Å². The Kier molecular flexibility index (Phi) is 3.69. The first-order valence-electron chi connectivity index (χ1n) is 8.00. The first kappa shape index (κ1) is 15.1. The molecule has 0 radical (unpaired) electrons. The van der Waals surface area contributed by atoms with Crippen molar-refractivity contribution in [3.63, 3.8) is 0 Å². The molecule has 1 aliphatic heterocycles. The van der Waals surface area contributed by atoms with Gasteiger partial charge in [0.05, 0.1) is 5.39 Å². The molecule has 1 fully saturated rings. The molecular weight excluding hydrogens is 320 g/mol. The second-order valence-corrected chi connectivity index (χ2v) is 7.00. The van der Waals surface area contributed by atoms with Crippen LogP contribution in [0, 0.1) is 6.92 Å². The summed E-state index contributed by atoms with van der Waals surface area (Å²) in [5, 5.41) is 3.13. The van der Waals surface area contributed by atoms with Crippen molar-refractivity contribution in [2.24, 2.45) is 5.73 Å². The summed E-state index contributed by atoms with van der Waals surface area (Å²) in [4.78, 5) is 23.7. The minimum absolute atomic E-state index is 0.283. The van der Waals surface area contributed by atoms with Gasteiger partial charge in [-0.3, -0.25) is 4.79 Å². The van der Waals surface area contributed by atoms with Crippen LogP contribution < -0.4 is 10.6 Å². The van der Waals surface area contributed by atoms with Crippen LogP contribution in [0.3, 0.4) is 0 Å². The molecular formula is C18H18N4OS. The van der Waals surface area contributed by atoms with Crippen molar-refractivity contribution >= 4 is 33.3 Å². The second-order valence-electron chi connectivity index (χ2n) is 6.15. The third-order valence-electron chi connectivity index (χ3n) is 4.57. The first-order valence-corrected chi connectivity index (χ1v) is 8.88. The summed E-state index contributed by atoms with van der Waals surface area (Å²) in [6.07, 6.45) is 3.30.